The average Bonchev–Trinajstić information content (AvgIpc) is 2.64. The molecule has 0 spiro atoms. The van der Waals surface area contributed by atoms with E-state index in [1.54, 1.807) is 18.5 Å². The molecule has 0 unspecified atom stereocenters. The van der Waals surface area contributed by atoms with Crippen LogP contribution in [0.15, 0.2) is 54.9 Å². The van der Waals surface area contributed by atoms with Crippen molar-refractivity contribution in [3.05, 3.63) is 60.4 Å². The largest absolute Gasteiger partial charge is 0.508 e. The standard InChI is InChI=1S/C19H20N4O/c24-16-7-5-15(6-8-16)13-22-9-11-23(12-10-22)19-17-3-1-2-4-18(17)20-14-21-19/h1-8,14,24H,9-13H2. The Morgan fingerprint density at radius 2 is 1.62 bits per heavy atom. The van der Waals surface area contributed by atoms with Crippen LogP contribution in [0.25, 0.3) is 10.9 Å². The van der Waals surface area contributed by atoms with Gasteiger partial charge in [-0.2, -0.15) is 0 Å². The van der Waals surface area contributed by atoms with Crippen LogP contribution in [0.3, 0.4) is 0 Å². The van der Waals surface area contributed by atoms with E-state index in [2.05, 4.69) is 25.8 Å². The first-order valence-corrected chi connectivity index (χ1v) is 8.24. The van der Waals surface area contributed by atoms with E-state index in [0.717, 1.165) is 49.4 Å². The van der Waals surface area contributed by atoms with E-state index < -0.39 is 0 Å². The van der Waals surface area contributed by atoms with Crippen LogP contribution in [0, 0.1) is 0 Å². The lowest BCUT2D eigenvalue weighted by Crippen LogP contribution is -2.46. The molecule has 24 heavy (non-hydrogen) atoms. The summed E-state index contributed by atoms with van der Waals surface area (Å²) >= 11 is 0. The van der Waals surface area contributed by atoms with E-state index in [1.807, 2.05) is 30.3 Å². The number of rotatable bonds is 3. The molecule has 0 radical (unpaired) electrons. The van der Waals surface area contributed by atoms with Crippen LogP contribution in [-0.4, -0.2) is 46.2 Å². The number of benzene rings is 2. The first-order valence-electron chi connectivity index (χ1n) is 8.24. The second-order valence-corrected chi connectivity index (χ2v) is 6.14. The van der Waals surface area contributed by atoms with Crippen LogP contribution in [0.2, 0.25) is 0 Å². The second-order valence-electron chi connectivity index (χ2n) is 6.14. The zero-order valence-electron chi connectivity index (χ0n) is 13.5. The molecule has 0 aliphatic carbocycles. The summed E-state index contributed by atoms with van der Waals surface area (Å²) in [4.78, 5) is 13.6. The molecule has 2 heterocycles. The molecule has 0 amide bonds. The number of nitrogens with zero attached hydrogens (tertiary/aromatic N) is 4. The molecular formula is C19H20N4O. The molecule has 1 saturated heterocycles. The molecule has 1 aromatic heterocycles. The van der Waals surface area contributed by atoms with Gasteiger partial charge in [0.2, 0.25) is 0 Å². The first-order chi connectivity index (χ1) is 11.8. The average molecular weight is 320 g/mol. The molecule has 122 valence electrons. The van der Waals surface area contributed by atoms with E-state index in [0.29, 0.717) is 5.75 Å². The van der Waals surface area contributed by atoms with Crippen molar-refractivity contribution < 1.29 is 5.11 Å². The maximum absolute atomic E-state index is 9.38. The van der Waals surface area contributed by atoms with Crippen molar-refractivity contribution in [2.45, 2.75) is 6.54 Å². The lowest BCUT2D eigenvalue weighted by molar-refractivity contribution is 0.249. The zero-order chi connectivity index (χ0) is 16.4. The van der Waals surface area contributed by atoms with Crippen LogP contribution in [0.1, 0.15) is 5.56 Å². The lowest BCUT2D eigenvalue weighted by Gasteiger charge is -2.35. The molecular weight excluding hydrogens is 300 g/mol. The molecule has 5 nitrogen and oxygen atoms in total. The number of anilines is 1. The van der Waals surface area contributed by atoms with Crippen LogP contribution in [0.4, 0.5) is 5.82 Å². The fraction of sp³-hybridized carbons (Fsp3) is 0.263. The Hall–Kier alpha value is -2.66. The molecule has 0 bridgehead atoms. The topological polar surface area (TPSA) is 52.5 Å². The molecule has 1 aliphatic heterocycles. The van der Waals surface area contributed by atoms with E-state index in [-0.39, 0.29) is 0 Å². The highest BCUT2D eigenvalue weighted by atomic mass is 16.3. The summed E-state index contributed by atoms with van der Waals surface area (Å²) in [6.45, 7) is 4.83. The quantitative estimate of drug-likeness (QED) is 0.804. The van der Waals surface area contributed by atoms with Gasteiger partial charge in [-0.3, -0.25) is 4.90 Å². The monoisotopic (exact) mass is 320 g/mol. The first kappa shape index (κ1) is 14.9. The summed E-state index contributed by atoms with van der Waals surface area (Å²) in [6.07, 6.45) is 1.65. The van der Waals surface area contributed by atoms with Gasteiger partial charge in [-0.25, -0.2) is 9.97 Å². The summed E-state index contributed by atoms with van der Waals surface area (Å²) < 4.78 is 0. The predicted molar refractivity (Wildman–Crippen MR) is 95.1 cm³/mol. The molecule has 1 aliphatic rings. The van der Waals surface area contributed by atoms with Crippen molar-refractivity contribution in [3.63, 3.8) is 0 Å². The van der Waals surface area contributed by atoms with Crippen molar-refractivity contribution in [1.82, 2.24) is 14.9 Å². The van der Waals surface area contributed by atoms with Gasteiger partial charge in [0.1, 0.15) is 17.9 Å². The predicted octanol–water partition coefficient (Wildman–Crippen LogP) is 2.66. The number of para-hydroxylation sites is 1. The molecule has 3 aromatic rings. The van der Waals surface area contributed by atoms with Gasteiger partial charge in [0.05, 0.1) is 5.52 Å². The third-order valence-corrected chi connectivity index (χ3v) is 4.54. The maximum atomic E-state index is 9.38. The Kier molecular flexibility index (Phi) is 4.01. The van der Waals surface area contributed by atoms with E-state index >= 15 is 0 Å². The summed E-state index contributed by atoms with van der Waals surface area (Å²) in [7, 11) is 0. The van der Waals surface area contributed by atoms with Crippen molar-refractivity contribution in [1.29, 1.82) is 0 Å². The van der Waals surface area contributed by atoms with Crippen LogP contribution < -0.4 is 4.90 Å². The number of phenolic OH excluding ortho intramolecular Hbond substituents is 1. The second kappa shape index (κ2) is 6.45. The molecule has 1 fully saturated rings. The van der Waals surface area contributed by atoms with Crippen LogP contribution in [0.5, 0.6) is 5.75 Å². The van der Waals surface area contributed by atoms with Crippen LogP contribution >= 0.6 is 0 Å². The molecule has 2 aromatic carbocycles. The smallest absolute Gasteiger partial charge is 0.139 e. The highest BCUT2D eigenvalue weighted by molar-refractivity contribution is 5.89. The minimum Gasteiger partial charge on any atom is -0.508 e. The molecule has 0 atom stereocenters. The Balaban J connectivity index is 1.45. The normalized spacial score (nSPS) is 15.8. The van der Waals surface area contributed by atoms with Gasteiger partial charge in [-0.05, 0) is 29.8 Å². The van der Waals surface area contributed by atoms with Crippen molar-refractivity contribution in [2.24, 2.45) is 0 Å². The van der Waals surface area contributed by atoms with E-state index in [4.69, 9.17) is 0 Å². The molecule has 0 saturated carbocycles. The summed E-state index contributed by atoms with van der Waals surface area (Å²) in [6, 6.07) is 15.6. The van der Waals surface area contributed by atoms with Gasteiger partial charge in [0.25, 0.3) is 0 Å². The van der Waals surface area contributed by atoms with Gasteiger partial charge in [0.15, 0.2) is 0 Å². The minimum atomic E-state index is 0.319. The number of hydrogen-bond acceptors (Lipinski definition) is 5. The van der Waals surface area contributed by atoms with Gasteiger partial charge >= 0.3 is 0 Å². The number of hydrogen-bond donors (Lipinski definition) is 1. The highest BCUT2D eigenvalue weighted by Gasteiger charge is 2.19. The van der Waals surface area contributed by atoms with E-state index in [1.165, 1.54) is 5.56 Å². The van der Waals surface area contributed by atoms with Crippen molar-refractivity contribution in [2.75, 3.05) is 31.1 Å². The number of aromatic hydroxyl groups is 1. The Morgan fingerprint density at radius 1 is 0.875 bits per heavy atom. The number of phenols is 1. The van der Waals surface area contributed by atoms with Crippen molar-refractivity contribution >= 4 is 16.7 Å². The number of aromatic nitrogens is 2. The third kappa shape index (κ3) is 3.03. The summed E-state index contributed by atoms with van der Waals surface area (Å²) in [5.41, 5.74) is 2.22. The summed E-state index contributed by atoms with van der Waals surface area (Å²) in [5.74, 6) is 1.35. The van der Waals surface area contributed by atoms with Crippen molar-refractivity contribution in [3.8, 4) is 5.75 Å². The Labute approximate surface area is 141 Å². The van der Waals surface area contributed by atoms with E-state index in [9.17, 15) is 5.11 Å². The molecule has 1 N–H and O–H groups in total. The number of piperazine rings is 1. The van der Waals surface area contributed by atoms with Gasteiger partial charge in [-0.15, -0.1) is 0 Å². The Bertz CT molecular complexity index is 821. The molecule has 5 heteroatoms. The SMILES string of the molecule is Oc1ccc(CN2CCN(c3ncnc4ccccc34)CC2)cc1. The van der Waals surface area contributed by atoms with Gasteiger partial charge in [-0.1, -0.05) is 24.3 Å². The number of fused-ring (bicyclic) bond motifs is 1. The summed E-state index contributed by atoms with van der Waals surface area (Å²) in [5, 5.41) is 10.5. The Morgan fingerprint density at radius 3 is 2.42 bits per heavy atom. The van der Waals surface area contributed by atoms with Gasteiger partial charge < -0.3 is 10.0 Å². The highest BCUT2D eigenvalue weighted by Crippen LogP contribution is 2.24. The fourth-order valence-corrected chi connectivity index (χ4v) is 3.22. The maximum Gasteiger partial charge on any atom is 0.139 e. The molecule has 4 rings (SSSR count). The third-order valence-electron chi connectivity index (χ3n) is 4.54. The fourth-order valence-electron chi connectivity index (χ4n) is 3.22. The lowest BCUT2D eigenvalue weighted by atomic mass is 10.1. The van der Waals surface area contributed by atoms with Crippen LogP contribution in [-0.2, 0) is 6.54 Å². The zero-order valence-corrected chi connectivity index (χ0v) is 13.5. The minimum absolute atomic E-state index is 0.319. The van der Waals surface area contributed by atoms with Gasteiger partial charge in [0, 0.05) is 38.1 Å².